The standard InChI is InChI=1S/C10H18O2.C4H9BO3/c1-8(2)7-4-5-9(3,11)10(8,12)6-7;1-8-4-2-3-5(6)7/h7,11-12H,4-6H2,1-3H3;2-4H2,1H3/q;-2. The number of methoxy groups -OCH3 is 1. The molecule has 0 aromatic carbocycles. The number of fused-ring (bicyclic) bond motifs is 2. The molecule has 3 aliphatic rings. The zero-order valence-electron chi connectivity index (χ0n) is 13.0. The van der Waals surface area contributed by atoms with Gasteiger partial charge in [0.15, 0.2) is 0 Å². The minimum atomic E-state index is -1.68. The summed E-state index contributed by atoms with van der Waals surface area (Å²) in [5.74, 6) is 0.614. The van der Waals surface area contributed by atoms with Crippen molar-refractivity contribution in [2.24, 2.45) is 11.3 Å². The van der Waals surface area contributed by atoms with Gasteiger partial charge in [0.1, 0.15) is 0 Å². The zero-order valence-corrected chi connectivity index (χ0v) is 13.0. The Morgan fingerprint density at radius 1 is 1.25 bits per heavy atom. The Hall–Kier alpha value is -0.135. The summed E-state index contributed by atoms with van der Waals surface area (Å²) in [6.45, 7) is 6.41. The van der Waals surface area contributed by atoms with Crippen molar-refractivity contribution >= 4 is 7.12 Å². The normalized spacial score (nSPS) is 37.5. The van der Waals surface area contributed by atoms with E-state index in [1.807, 2.05) is 0 Å². The van der Waals surface area contributed by atoms with E-state index < -0.39 is 18.3 Å². The quantitative estimate of drug-likeness (QED) is 0.538. The summed E-state index contributed by atoms with van der Waals surface area (Å²) in [4.78, 5) is 0. The molecule has 3 saturated carbocycles. The van der Waals surface area contributed by atoms with Gasteiger partial charge in [-0.05, 0) is 43.9 Å². The average Bonchev–Trinajstić information content (AvgIpc) is 2.33. The van der Waals surface area contributed by atoms with Crippen molar-refractivity contribution in [3.8, 4) is 0 Å². The van der Waals surface area contributed by atoms with Gasteiger partial charge < -0.3 is 25.0 Å². The van der Waals surface area contributed by atoms with Gasteiger partial charge in [-0.1, -0.05) is 13.8 Å². The summed E-state index contributed by atoms with van der Waals surface area (Å²) < 4.78 is 4.61. The predicted molar refractivity (Wildman–Crippen MR) is 73.7 cm³/mol. The third-order valence-corrected chi connectivity index (χ3v) is 5.29. The molecule has 6 heteroatoms. The van der Waals surface area contributed by atoms with Gasteiger partial charge in [-0.25, -0.2) is 0 Å². The van der Waals surface area contributed by atoms with Gasteiger partial charge in [-0.3, -0.25) is 0 Å². The fourth-order valence-electron chi connectivity index (χ4n) is 3.51. The van der Waals surface area contributed by atoms with Gasteiger partial charge in [-0.2, -0.15) is 0 Å². The second-order valence-corrected chi connectivity index (χ2v) is 6.86. The second-order valence-electron chi connectivity index (χ2n) is 6.86. The van der Waals surface area contributed by atoms with Crippen LogP contribution in [0.4, 0.5) is 0 Å². The van der Waals surface area contributed by atoms with Crippen LogP contribution < -0.4 is 10.0 Å². The minimum Gasteiger partial charge on any atom is -0.893 e. The number of aliphatic hydroxyl groups is 2. The van der Waals surface area contributed by atoms with Gasteiger partial charge >= 0.3 is 0 Å². The van der Waals surface area contributed by atoms with Crippen molar-refractivity contribution in [2.75, 3.05) is 13.7 Å². The van der Waals surface area contributed by atoms with Crippen molar-refractivity contribution in [2.45, 2.75) is 64.0 Å². The van der Waals surface area contributed by atoms with Crippen LogP contribution in [0.25, 0.3) is 0 Å². The van der Waals surface area contributed by atoms with Crippen LogP contribution in [-0.4, -0.2) is 42.3 Å². The Balaban J connectivity index is 0.000000221. The largest absolute Gasteiger partial charge is 0.893 e. The number of rotatable bonds is 4. The smallest absolute Gasteiger partial charge is 0.0986 e. The van der Waals surface area contributed by atoms with E-state index >= 15 is 0 Å². The maximum absolute atomic E-state index is 10.2. The van der Waals surface area contributed by atoms with E-state index in [-0.39, 0.29) is 11.7 Å². The first-order valence-electron chi connectivity index (χ1n) is 7.34. The highest BCUT2D eigenvalue weighted by atomic mass is 16.5. The van der Waals surface area contributed by atoms with E-state index in [1.165, 1.54) is 0 Å². The summed E-state index contributed by atoms with van der Waals surface area (Å²) in [7, 11) is -0.130. The lowest BCUT2D eigenvalue weighted by Gasteiger charge is -2.68. The molecule has 3 rings (SSSR count). The summed E-state index contributed by atoms with van der Waals surface area (Å²) in [6.07, 6.45) is 3.34. The summed E-state index contributed by atoms with van der Waals surface area (Å²) in [6, 6.07) is 0. The molecule has 0 radical (unpaired) electrons. The third-order valence-electron chi connectivity index (χ3n) is 5.29. The van der Waals surface area contributed by atoms with E-state index in [0.29, 0.717) is 18.9 Å². The first kappa shape index (κ1) is 17.9. The molecule has 2 bridgehead atoms. The van der Waals surface area contributed by atoms with E-state index in [0.717, 1.165) is 19.3 Å². The molecule has 0 spiro atoms. The van der Waals surface area contributed by atoms with Gasteiger partial charge in [0.25, 0.3) is 0 Å². The first-order chi connectivity index (χ1) is 9.08. The molecule has 3 atom stereocenters. The third kappa shape index (κ3) is 3.20. The summed E-state index contributed by atoms with van der Waals surface area (Å²) >= 11 is 0. The van der Waals surface area contributed by atoms with E-state index in [4.69, 9.17) is 0 Å². The van der Waals surface area contributed by atoms with Gasteiger partial charge in [0.2, 0.25) is 0 Å². The molecule has 20 heavy (non-hydrogen) atoms. The fourth-order valence-corrected chi connectivity index (χ4v) is 3.51. The summed E-state index contributed by atoms with van der Waals surface area (Å²) in [5.41, 5.74) is -1.79. The van der Waals surface area contributed by atoms with Crippen LogP contribution in [0.5, 0.6) is 0 Å². The molecule has 0 saturated heterocycles. The molecule has 3 aliphatic carbocycles. The molecular weight excluding hydrogens is 259 g/mol. The fraction of sp³-hybridized carbons (Fsp3) is 1.00. The molecule has 0 aromatic rings. The Morgan fingerprint density at radius 3 is 2.20 bits per heavy atom. The topological polar surface area (TPSA) is 95.8 Å². The van der Waals surface area contributed by atoms with Crippen LogP contribution >= 0.6 is 0 Å². The van der Waals surface area contributed by atoms with Crippen LogP contribution in [0, 0.1) is 11.3 Å². The Kier molecular flexibility index (Phi) is 5.66. The maximum atomic E-state index is 10.2. The molecule has 118 valence electrons. The van der Waals surface area contributed by atoms with Crippen molar-refractivity contribution in [3.63, 3.8) is 0 Å². The van der Waals surface area contributed by atoms with Crippen LogP contribution in [0.3, 0.4) is 0 Å². The Bertz CT molecular complexity index is 309. The van der Waals surface area contributed by atoms with Gasteiger partial charge in [0, 0.05) is 13.7 Å². The SMILES string of the molecule is CC1(O)CCC2CC1(O)C2(C)C.COCCCB([O-])[O-]. The van der Waals surface area contributed by atoms with Crippen LogP contribution in [0.2, 0.25) is 6.32 Å². The highest BCUT2D eigenvalue weighted by molar-refractivity contribution is 6.36. The first-order valence-corrected chi connectivity index (χ1v) is 7.34. The lowest BCUT2D eigenvalue weighted by Crippen LogP contribution is -2.74. The van der Waals surface area contributed by atoms with E-state index in [1.54, 1.807) is 14.0 Å². The number of ether oxygens (including phenoxy) is 1. The monoisotopic (exact) mass is 286 g/mol. The van der Waals surface area contributed by atoms with E-state index in [2.05, 4.69) is 18.6 Å². The number of hydrogen-bond donors (Lipinski definition) is 2. The maximum Gasteiger partial charge on any atom is 0.0986 e. The van der Waals surface area contributed by atoms with Crippen LogP contribution in [0.15, 0.2) is 0 Å². The Morgan fingerprint density at radius 2 is 1.85 bits per heavy atom. The molecule has 0 aliphatic heterocycles. The molecule has 2 N–H and O–H groups in total. The molecule has 3 unspecified atom stereocenters. The van der Waals surface area contributed by atoms with Crippen molar-refractivity contribution in [3.05, 3.63) is 0 Å². The molecule has 0 heterocycles. The lowest BCUT2D eigenvalue weighted by atomic mass is 9.41. The van der Waals surface area contributed by atoms with Crippen LogP contribution in [0.1, 0.15) is 46.5 Å². The second kappa shape index (κ2) is 6.32. The summed E-state index contributed by atoms with van der Waals surface area (Å²) in [5, 5.41) is 39.9. The van der Waals surface area contributed by atoms with Crippen molar-refractivity contribution in [1.29, 1.82) is 0 Å². The lowest BCUT2D eigenvalue weighted by molar-refractivity contribution is -0.348. The van der Waals surface area contributed by atoms with Gasteiger partial charge in [0.05, 0.1) is 11.2 Å². The molecule has 0 amide bonds. The molecule has 5 nitrogen and oxygen atoms in total. The molecular formula is C14H27BO5-2. The minimum absolute atomic E-state index is 0.0885. The predicted octanol–water partition coefficient (Wildman–Crippen LogP) is -0.460. The molecule has 0 aromatic heterocycles. The molecule has 3 fully saturated rings. The zero-order chi connectivity index (χ0) is 15.6. The average molecular weight is 286 g/mol. The number of hydrogen-bond acceptors (Lipinski definition) is 5. The van der Waals surface area contributed by atoms with Crippen LogP contribution in [-0.2, 0) is 4.74 Å². The van der Waals surface area contributed by atoms with Crippen molar-refractivity contribution in [1.82, 2.24) is 0 Å². The van der Waals surface area contributed by atoms with Crippen molar-refractivity contribution < 1.29 is 25.0 Å². The highest BCUT2D eigenvalue weighted by Gasteiger charge is 2.69. The Labute approximate surface area is 122 Å². The van der Waals surface area contributed by atoms with Gasteiger partial charge in [-0.15, -0.1) is 13.4 Å². The highest BCUT2D eigenvalue weighted by Crippen LogP contribution is 2.65. The van der Waals surface area contributed by atoms with E-state index in [9.17, 15) is 20.3 Å².